The number of hydrogen-bond donors (Lipinski definition) is 1. The van der Waals surface area contributed by atoms with Crippen LogP contribution in [-0.4, -0.2) is 47.5 Å². The highest BCUT2D eigenvalue weighted by Crippen LogP contribution is 2.31. The van der Waals surface area contributed by atoms with Crippen molar-refractivity contribution in [2.45, 2.75) is 12.7 Å². The van der Waals surface area contributed by atoms with Gasteiger partial charge in [-0.2, -0.15) is 13.2 Å². The number of nitrogens with zero attached hydrogens (tertiary/aromatic N) is 5. The number of pyridine rings is 1. The van der Waals surface area contributed by atoms with Gasteiger partial charge in [-0.15, -0.1) is 0 Å². The van der Waals surface area contributed by atoms with Gasteiger partial charge >= 0.3 is 6.18 Å². The van der Waals surface area contributed by atoms with Gasteiger partial charge in [0.25, 0.3) is 0 Å². The smallest absolute Gasteiger partial charge is 0.378 e. The van der Waals surface area contributed by atoms with Crippen LogP contribution in [0.2, 0.25) is 0 Å². The summed E-state index contributed by atoms with van der Waals surface area (Å²) in [7, 11) is 0. The fourth-order valence-corrected chi connectivity index (χ4v) is 3.18. The lowest BCUT2D eigenvalue weighted by molar-refractivity contribution is -0.137. The summed E-state index contributed by atoms with van der Waals surface area (Å²) in [6.45, 7) is 2.29. The van der Waals surface area contributed by atoms with Crippen LogP contribution in [0.4, 0.5) is 34.8 Å². The number of morpholine rings is 1. The zero-order valence-corrected chi connectivity index (χ0v) is 17.4. The molecule has 1 aliphatic heterocycles. The van der Waals surface area contributed by atoms with Crippen LogP contribution >= 0.6 is 0 Å². The van der Waals surface area contributed by atoms with E-state index in [2.05, 4.69) is 25.3 Å². The van der Waals surface area contributed by atoms with Gasteiger partial charge in [-0.05, 0) is 30.3 Å². The Hall–Kier alpha value is -3.60. The minimum atomic E-state index is -4.41. The summed E-state index contributed by atoms with van der Waals surface area (Å²) in [5.74, 6) is 0.119. The Labute approximate surface area is 187 Å². The van der Waals surface area contributed by atoms with Crippen molar-refractivity contribution in [3.63, 3.8) is 0 Å². The molecule has 4 rings (SSSR count). The minimum absolute atomic E-state index is 0.142. The van der Waals surface area contributed by atoms with Crippen molar-refractivity contribution >= 4 is 23.4 Å². The molecule has 3 heterocycles. The van der Waals surface area contributed by atoms with Crippen LogP contribution in [0.5, 0.6) is 0 Å². The van der Waals surface area contributed by atoms with Gasteiger partial charge in [-0.1, -0.05) is 6.07 Å². The molecule has 0 amide bonds. The Morgan fingerprint density at radius 2 is 1.88 bits per heavy atom. The Kier molecular flexibility index (Phi) is 6.78. The molecule has 1 saturated heterocycles. The highest BCUT2D eigenvalue weighted by molar-refractivity contribution is 5.77. The number of ether oxygens (including phenoxy) is 1. The number of benzene rings is 1. The monoisotopic (exact) mass is 460 g/mol. The summed E-state index contributed by atoms with van der Waals surface area (Å²) < 4.78 is 57.9. The highest BCUT2D eigenvalue weighted by atomic mass is 19.4. The topological polar surface area (TPSA) is 75.5 Å². The van der Waals surface area contributed by atoms with Crippen molar-refractivity contribution in [2.24, 2.45) is 4.99 Å². The molecule has 0 bridgehead atoms. The second-order valence-electron chi connectivity index (χ2n) is 7.20. The largest absolute Gasteiger partial charge is 0.416 e. The van der Waals surface area contributed by atoms with E-state index in [9.17, 15) is 17.6 Å². The Morgan fingerprint density at radius 3 is 2.61 bits per heavy atom. The van der Waals surface area contributed by atoms with E-state index in [1.165, 1.54) is 18.5 Å². The summed E-state index contributed by atoms with van der Waals surface area (Å²) in [4.78, 5) is 18.5. The summed E-state index contributed by atoms with van der Waals surface area (Å²) in [5.41, 5.74) is 0.644. The zero-order valence-electron chi connectivity index (χ0n) is 17.4. The molecule has 0 spiro atoms. The first kappa shape index (κ1) is 22.6. The molecule has 0 radical (unpaired) electrons. The van der Waals surface area contributed by atoms with E-state index in [1.807, 2.05) is 4.90 Å². The molecule has 0 aliphatic carbocycles. The van der Waals surface area contributed by atoms with Gasteiger partial charge in [0, 0.05) is 25.0 Å². The van der Waals surface area contributed by atoms with Crippen LogP contribution in [0.15, 0.2) is 53.8 Å². The molecule has 172 valence electrons. The standard InChI is InChI=1S/C22H20F4N6O/c23-19-13-29-20(31-21(19)32-6-8-33-9-7-32)14-27-11-17-4-5-18(12-28-17)30-16-3-1-2-15(10-16)22(24,25)26/h1-5,10-13,30H,6-9,14H2/b27-11+. The third kappa shape index (κ3) is 6.01. The first-order valence-electron chi connectivity index (χ1n) is 10.1. The maximum absolute atomic E-state index is 14.1. The predicted molar refractivity (Wildman–Crippen MR) is 115 cm³/mol. The van der Waals surface area contributed by atoms with Crippen molar-refractivity contribution in [3.8, 4) is 0 Å². The van der Waals surface area contributed by atoms with E-state index in [4.69, 9.17) is 4.74 Å². The quantitative estimate of drug-likeness (QED) is 0.438. The van der Waals surface area contributed by atoms with Gasteiger partial charge in [-0.25, -0.2) is 14.4 Å². The Balaban J connectivity index is 1.37. The lowest BCUT2D eigenvalue weighted by atomic mass is 10.2. The van der Waals surface area contributed by atoms with E-state index in [1.54, 1.807) is 18.2 Å². The number of anilines is 3. The number of halogens is 4. The third-order valence-electron chi connectivity index (χ3n) is 4.81. The van der Waals surface area contributed by atoms with Crippen molar-refractivity contribution in [1.82, 2.24) is 15.0 Å². The fourth-order valence-electron chi connectivity index (χ4n) is 3.18. The van der Waals surface area contributed by atoms with Crippen LogP contribution in [-0.2, 0) is 17.5 Å². The second-order valence-corrected chi connectivity index (χ2v) is 7.20. The summed E-state index contributed by atoms with van der Waals surface area (Å²) in [6.07, 6.45) is -0.260. The lowest BCUT2D eigenvalue weighted by Crippen LogP contribution is -2.37. The molecule has 1 aromatic carbocycles. The number of nitrogens with one attached hydrogen (secondary N) is 1. The molecule has 1 N–H and O–H groups in total. The summed E-state index contributed by atoms with van der Waals surface area (Å²) >= 11 is 0. The van der Waals surface area contributed by atoms with Crippen molar-refractivity contribution in [3.05, 3.63) is 71.7 Å². The van der Waals surface area contributed by atoms with E-state index >= 15 is 0 Å². The molecule has 0 unspecified atom stereocenters. The molecule has 33 heavy (non-hydrogen) atoms. The van der Waals surface area contributed by atoms with Crippen LogP contribution < -0.4 is 10.2 Å². The van der Waals surface area contributed by atoms with Crippen molar-refractivity contribution in [2.75, 3.05) is 36.5 Å². The van der Waals surface area contributed by atoms with E-state index in [0.29, 0.717) is 49.2 Å². The van der Waals surface area contributed by atoms with Gasteiger partial charge in [-0.3, -0.25) is 9.98 Å². The molecule has 1 aliphatic rings. The molecule has 7 nitrogen and oxygen atoms in total. The maximum Gasteiger partial charge on any atom is 0.416 e. The number of rotatable bonds is 6. The first-order valence-corrected chi connectivity index (χ1v) is 10.1. The molecular weight excluding hydrogens is 440 g/mol. The van der Waals surface area contributed by atoms with Crippen molar-refractivity contribution in [1.29, 1.82) is 0 Å². The van der Waals surface area contributed by atoms with Gasteiger partial charge < -0.3 is 15.0 Å². The van der Waals surface area contributed by atoms with Gasteiger partial charge in [0.2, 0.25) is 0 Å². The molecule has 0 atom stereocenters. The minimum Gasteiger partial charge on any atom is -0.378 e. The molecule has 1 fully saturated rings. The Bertz CT molecular complexity index is 1110. The normalized spacial score (nSPS) is 14.6. The average molecular weight is 460 g/mol. The predicted octanol–water partition coefficient (Wildman–Crippen LogP) is 4.23. The van der Waals surface area contributed by atoms with Crippen LogP contribution in [0.25, 0.3) is 0 Å². The van der Waals surface area contributed by atoms with Crippen LogP contribution in [0.3, 0.4) is 0 Å². The van der Waals surface area contributed by atoms with Gasteiger partial charge in [0.15, 0.2) is 17.5 Å². The molecule has 0 saturated carbocycles. The summed E-state index contributed by atoms with van der Waals surface area (Å²) in [6, 6.07) is 8.27. The third-order valence-corrected chi connectivity index (χ3v) is 4.81. The molecule has 2 aromatic heterocycles. The first-order chi connectivity index (χ1) is 15.9. The molecule has 3 aromatic rings. The Morgan fingerprint density at radius 1 is 1.06 bits per heavy atom. The molecule has 11 heteroatoms. The number of aliphatic imine (C=N–C) groups is 1. The van der Waals surface area contributed by atoms with Crippen molar-refractivity contribution < 1.29 is 22.3 Å². The van der Waals surface area contributed by atoms with E-state index in [-0.39, 0.29) is 12.4 Å². The SMILES string of the molecule is Fc1cnc(C/N=C/c2ccc(Nc3cccc(C(F)(F)F)c3)cn2)nc1N1CCOCC1. The van der Waals surface area contributed by atoms with Gasteiger partial charge in [0.1, 0.15) is 0 Å². The van der Waals surface area contributed by atoms with E-state index in [0.717, 1.165) is 18.3 Å². The summed E-state index contributed by atoms with van der Waals surface area (Å²) in [5, 5.41) is 2.89. The highest BCUT2D eigenvalue weighted by Gasteiger charge is 2.30. The van der Waals surface area contributed by atoms with Gasteiger partial charge in [0.05, 0.1) is 49.1 Å². The fraction of sp³-hybridized carbons (Fsp3) is 0.273. The van der Waals surface area contributed by atoms with E-state index < -0.39 is 17.6 Å². The second kappa shape index (κ2) is 9.90. The number of aromatic nitrogens is 3. The van der Waals surface area contributed by atoms with Crippen LogP contribution in [0.1, 0.15) is 17.1 Å². The number of alkyl halides is 3. The zero-order chi connectivity index (χ0) is 23.3. The maximum atomic E-state index is 14.1. The lowest BCUT2D eigenvalue weighted by Gasteiger charge is -2.28. The number of hydrogen-bond acceptors (Lipinski definition) is 7. The van der Waals surface area contributed by atoms with Crippen LogP contribution in [0, 0.1) is 5.82 Å². The average Bonchev–Trinajstić information content (AvgIpc) is 2.81. The molecular formula is C22H20F4N6O.